The summed E-state index contributed by atoms with van der Waals surface area (Å²) in [6.07, 6.45) is 9.31. The van der Waals surface area contributed by atoms with E-state index in [1.54, 1.807) is 0 Å². The molecule has 0 bridgehead atoms. The molecule has 1 aromatic carbocycles. The van der Waals surface area contributed by atoms with E-state index in [1.807, 2.05) is 19.1 Å². The minimum Gasteiger partial charge on any atom is -0.745 e. The maximum absolute atomic E-state index is 11.5. The summed E-state index contributed by atoms with van der Waals surface area (Å²) >= 11 is 0. The summed E-state index contributed by atoms with van der Waals surface area (Å²) < 4.78 is 40.3. The molecule has 0 aromatic heterocycles. The van der Waals surface area contributed by atoms with Crippen molar-refractivity contribution in [2.24, 2.45) is 0 Å². The second kappa shape index (κ2) is 14.0. The Hall–Kier alpha value is -0.0700. The predicted octanol–water partition coefficient (Wildman–Crippen LogP) is 2.21. The molecular formula is C20H33NaO4S. The van der Waals surface area contributed by atoms with Crippen LogP contribution in [0.4, 0.5) is 0 Å². The minimum atomic E-state index is -4.47. The van der Waals surface area contributed by atoms with Gasteiger partial charge >= 0.3 is 29.6 Å². The van der Waals surface area contributed by atoms with Gasteiger partial charge in [-0.2, -0.15) is 0 Å². The standard InChI is InChI=1S/C20H34O4S.Na/c1-4-7-9-12-17-14-15-18(13-10-8-5-2)19(16-17)24-20(11-6-3)25(21,22)23;/h14-16,20H,4-13H2,1-3H3,(H,21,22,23);/q;+1/p-1. The second-order valence-corrected chi connectivity index (χ2v) is 8.20. The molecule has 0 heterocycles. The predicted molar refractivity (Wildman–Crippen MR) is 102 cm³/mol. The van der Waals surface area contributed by atoms with Gasteiger partial charge in [-0.05, 0) is 49.3 Å². The third-order valence-electron chi connectivity index (χ3n) is 4.36. The van der Waals surface area contributed by atoms with Crippen LogP contribution in [0.2, 0.25) is 0 Å². The number of hydrogen-bond acceptors (Lipinski definition) is 4. The first-order chi connectivity index (χ1) is 11.9. The number of ether oxygens (including phenoxy) is 1. The van der Waals surface area contributed by atoms with Gasteiger partial charge in [-0.3, -0.25) is 0 Å². The van der Waals surface area contributed by atoms with E-state index in [-0.39, 0.29) is 36.0 Å². The van der Waals surface area contributed by atoms with Gasteiger partial charge in [-0.1, -0.05) is 65.0 Å². The molecule has 0 saturated carbocycles. The van der Waals surface area contributed by atoms with Gasteiger partial charge in [0.05, 0.1) is 0 Å². The van der Waals surface area contributed by atoms with Gasteiger partial charge in [0.15, 0.2) is 5.44 Å². The number of hydrogen-bond donors (Lipinski definition) is 0. The molecule has 0 N–H and O–H groups in total. The zero-order valence-electron chi connectivity index (χ0n) is 16.9. The van der Waals surface area contributed by atoms with E-state index in [0.29, 0.717) is 12.2 Å². The molecule has 0 radical (unpaired) electrons. The summed E-state index contributed by atoms with van der Waals surface area (Å²) in [6.45, 7) is 6.17. The van der Waals surface area contributed by atoms with Crippen LogP contribution in [-0.4, -0.2) is 18.4 Å². The van der Waals surface area contributed by atoms with Crippen molar-refractivity contribution in [2.45, 2.75) is 90.4 Å². The Labute approximate surface area is 182 Å². The number of benzene rings is 1. The third kappa shape index (κ3) is 9.75. The molecule has 26 heavy (non-hydrogen) atoms. The first-order valence-corrected chi connectivity index (χ1v) is 11.1. The Balaban J connectivity index is 0.00000625. The summed E-state index contributed by atoms with van der Waals surface area (Å²) in [6, 6.07) is 6.07. The summed E-state index contributed by atoms with van der Waals surface area (Å²) in [5, 5.41) is 0. The fraction of sp³-hybridized carbons (Fsp3) is 0.700. The van der Waals surface area contributed by atoms with Crippen LogP contribution in [0.1, 0.15) is 83.3 Å². The summed E-state index contributed by atoms with van der Waals surface area (Å²) in [5.74, 6) is 0.572. The molecule has 144 valence electrons. The first kappa shape index (κ1) is 25.9. The van der Waals surface area contributed by atoms with Crippen molar-refractivity contribution >= 4 is 10.1 Å². The normalized spacial score (nSPS) is 12.5. The van der Waals surface area contributed by atoms with Crippen molar-refractivity contribution in [1.29, 1.82) is 0 Å². The van der Waals surface area contributed by atoms with Crippen molar-refractivity contribution in [2.75, 3.05) is 0 Å². The first-order valence-electron chi connectivity index (χ1n) is 9.65. The van der Waals surface area contributed by atoms with E-state index in [9.17, 15) is 13.0 Å². The van der Waals surface area contributed by atoms with Crippen molar-refractivity contribution in [1.82, 2.24) is 0 Å². The Kier molecular flexibility index (Phi) is 14.0. The smallest absolute Gasteiger partial charge is 0.745 e. The molecular weight excluding hydrogens is 359 g/mol. The van der Waals surface area contributed by atoms with Crippen molar-refractivity contribution in [3.63, 3.8) is 0 Å². The van der Waals surface area contributed by atoms with Gasteiger partial charge in [0.25, 0.3) is 0 Å². The van der Waals surface area contributed by atoms with Crippen LogP contribution in [0.3, 0.4) is 0 Å². The molecule has 0 fully saturated rings. The van der Waals surface area contributed by atoms with E-state index >= 15 is 0 Å². The van der Waals surface area contributed by atoms with E-state index in [0.717, 1.165) is 56.1 Å². The molecule has 0 aliphatic heterocycles. The van der Waals surface area contributed by atoms with E-state index in [1.165, 1.54) is 6.42 Å². The maximum Gasteiger partial charge on any atom is 1.00 e. The fourth-order valence-corrected chi connectivity index (χ4v) is 3.60. The molecule has 0 aliphatic carbocycles. The summed E-state index contributed by atoms with van der Waals surface area (Å²) in [4.78, 5) is 0. The largest absolute Gasteiger partial charge is 1.00 e. The van der Waals surface area contributed by atoms with Crippen LogP contribution in [0, 0.1) is 0 Å². The molecule has 1 rings (SSSR count). The van der Waals surface area contributed by atoms with Gasteiger partial charge < -0.3 is 9.29 Å². The Morgan fingerprint density at radius 1 is 0.962 bits per heavy atom. The van der Waals surface area contributed by atoms with Crippen LogP contribution < -0.4 is 34.3 Å². The summed E-state index contributed by atoms with van der Waals surface area (Å²) in [7, 11) is -4.47. The zero-order chi connectivity index (χ0) is 18.7. The molecule has 0 spiro atoms. The van der Waals surface area contributed by atoms with Gasteiger partial charge in [0.2, 0.25) is 0 Å². The summed E-state index contributed by atoms with van der Waals surface area (Å²) in [5.41, 5.74) is 0.840. The molecule has 6 heteroatoms. The van der Waals surface area contributed by atoms with Crippen molar-refractivity contribution < 1.29 is 47.3 Å². The fourth-order valence-electron chi connectivity index (χ4n) is 2.85. The van der Waals surface area contributed by atoms with Crippen molar-refractivity contribution in [3.8, 4) is 5.75 Å². The van der Waals surface area contributed by atoms with Gasteiger partial charge in [-0.15, -0.1) is 0 Å². The van der Waals surface area contributed by atoms with E-state index in [4.69, 9.17) is 4.74 Å². The van der Waals surface area contributed by atoms with Crippen LogP contribution in [0.15, 0.2) is 18.2 Å². The zero-order valence-corrected chi connectivity index (χ0v) is 19.7. The average molecular weight is 393 g/mol. The molecule has 1 atom stereocenters. The maximum atomic E-state index is 11.5. The molecule has 0 saturated heterocycles. The monoisotopic (exact) mass is 392 g/mol. The molecule has 0 aliphatic rings. The van der Waals surface area contributed by atoms with E-state index < -0.39 is 15.6 Å². The Morgan fingerprint density at radius 3 is 2.12 bits per heavy atom. The number of rotatable bonds is 13. The quantitative estimate of drug-likeness (QED) is 0.293. The van der Waals surface area contributed by atoms with Crippen molar-refractivity contribution in [3.05, 3.63) is 29.3 Å². The molecule has 4 nitrogen and oxygen atoms in total. The van der Waals surface area contributed by atoms with Gasteiger partial charge in [-0.25, -0.2) is 8.42 Å². The third-order valence-corrected chi connectivity index (χ3v) is 5.33. The minimum absolute atomic E-state index is 0. The SMILES string of the molecule is CCCCCc1ccc(CCCCC)c(OC(CCC)S(=O)(=O)[O-])c1.[Na+]. The molecule has 1 unspecified atom stereocenters. The van der Waals surface area contributed by atoms with Crippen LogP contribution >= 0.6 is 0 Å². The molecule has 1 aromatic rings. The number of unbranched alkanes of at least 4 members (excludes halogenated alkanes) is 4. The second-order valence-electron chi connectivity index (χ2n) is 6.69. The Morgan fingerprint density at radius 2 is 1.58 bits per heavy atom. The van der Waals surface area contributed by atoms with E-state index in [2.05, 4.69) is 19.9 Å². The van der Waals surface area contributed by atoms with Crippen LogP contribution in [0.5, 0.6) is 5.75 Å². The average Bonchev–Trinajstić information content (AvgIpc) is 2.56. The van der Waals surface area contributed by atoms with Crippen LogP contribution in [-0.2, 0) is 23.0 Å². The van der Waals surface area contributed by atoms with Gasteiger partial charge in [0.1, 0.15) is 15.9 Å². The molecule has 0 amide bonds. The van der Waals surface area contributed by atoms with Crippen LogP contribution in [0.25, 0.3) is 0 Å². The topological polar surface area (TPSA) is 66.4 Å². The van der Waals surface area contributed by atoms with Gasteiger partial charge in [0, 0.05) is 0 Å². The Bertz CT molecular complexity index is 602. The number of aryl methyl sites for hydroxylation is 2.